The molecule has 1 aromatic carbocycles. The molecule has 3 nitrogen and oxygen atoms in total. The van der Waals surface area contributed by atoms with E-state index in [4.69, 9.17) is 4.74 Å². The maximum absolute atomic E-state index is 10.5. The molecular weight excluding hydrogens is 358 g/mol. The van der Waals surface area contributed by atoms with E-state index in [9.17, 15) is 5.11 Å². The van der Waals surface area contributed by atoms with Gasteiger partial charge < -0.3 is 14.7 Å². The molecule has 1 aromatic rings. The molecule has 0 radical (unpaired) electrons. The molecule has 1 unspecified atom stereocenters. The van der Waals surface area contributed by atoms with Crippen LogP contribution in [0.4, 0.5) is 5.69 Å². The summed E-state index contributed by atoms with van der Waals surface area (Å²) in [6, 6.07) is 4.68. The van der Waals surface area contributed by atoms with E-state index in [1.165, 1.54) is 95.6 Å². The number of anilines is 1. The minimum Gasteiger partial charge on any atom is -0.507 e. The molecule has 1 atom stereocenters. The SMILES string of the molecule is CCCCCCCCCCCCCOc1cc(O)c2c(c1)N1CCCCC1CC2. The number of ether oxygens (including phenoxy) is 1. The number of fused-ring (bicyclic) bond motifs is 3. The summed E-state index contributed by atoms with van der Waals surface area (Å²) in [5.74, 6) is 1.28. The molecule has 0 bridgehead atoms. The van der Waals surface area contributed by atoms with E-state index in [0.717, 1.165) is 37.3 Å². The van der Waals surface area contributed by atoms with Crippen molar-refractivity contribution in [3.05, 3.63) is 17.7 Å². The fourth-order valence-electron chi connectivity index (χ4n) is 5.10. The second kappa shape index (κ2) is 12.3. The zero-order valence-corrected chi connectivity index (χ0v) is 18.8. The summed E-state index contributed by atoms with van der Waals surface area (Å²) in [7, 11) is 0. The number of phenolic OH excluding ortho intramolecular Hbond substituents is 1. The van der Waals surface area contributed by atoms with E-state index in [0.29, 0.717) is 11.8 Å². The highest BCUT2D eigenvalue weighted by atomic mass is 16.5. The summed E-state index contributed by atoms with van der Waals surface area (Å²) < 4.78 is 6.03. The Kier molecular flexibility index (Phi) is 9.50. The van der Waals surface area contributed by atoms with Crippen LogP contribution in [0.1, 0.15) is 109 Å². The number of piperidine rings is 1. The maximum Gasteiger partial charge on any atom is 0.125 e. The van der Waals surface area contributed by atoms with E-state index in [1.54, 1.807) is 0 Å². The Labute approximate surface area is 178 Å². The molecule has 2 heterocycles. The summed E-state index contributed by atoms with van der Waals surface area (Å²) >= 11 is 0. The largest absolute Gasteiger partial charge is 0.507 e. The first-order valence-electron chi connectivity index (χ1n) is 12.5. The fraction of sp³-hybridized carbons (Fsp3) is 0.769. The lowest BCUT2D eigenvalue weighted by molar-refractivity contribution is 0.301. The van der Waals surface area contributed by atoms with E-state index < -0.39 is 0 Å². The van der Waals surface area contributed by atoms with Crippen molar-refractivity contribution in [2.75, 3.05) is 18.1 Å². The van der Waals surface area contributed by atoms with Gasteiger partial charge in [-0.15, -0.1) is 0 Å². The molecule has 0 amide bonds. The van der Waals surface area contributed by atoms with Gasteiger partial charge in [-0.1, -0.05) is 71.1 Å². The highest BCUT2D eigenvalue weighted by molar-refractivity contribution is 5.65. The molecule has 3 rings (SSSR count). The maximum atomic E-state index is 10.5. The van der Waals surface area contributed by atoms with Crippen LogP contribution in [-0.2, 0) is 6.42 Å². The van der Waals surface area contributed by atoms with Crippen molar-refractivity contribution < 1.29 is 9.84 Å². The molecule has 0 saturated carbocycles. The summed E-state index contributed by atoms with van der Waals surface area (Å²) in [6.07, 6.45) is 20.9. The van der Waals surface area contributed by atoms with Crippen LogP contribution < -0.4 is 9.64 Å². The number of unbranched alkanes of at least 4 members (excludes halogenated alkanes) is 10. The first-order chi connectivity index (χ1) is 14.3. The van der Waals surface area contributed by atoms with Crippen molar-refractivity contribution in [2.45, 2.75) is 116 Å². The molecular formula is C26H43NO2. The van der Waals surface area contributed by atoms with Gasteiger partial charge in [0.2, 0.25) is 0 Å². The lowest BCUT2D eigenvalue weighted by Crippen LogP contribution is -2.42. The van der Waals surface area contributed by atoms with Gasteiger partial charge in [0, 0.05) is 36.0 Å². The normalized spacial score (nSPS) is 18.4. The first-order valence-corrected chi connectivity index (χ1v) is 12.5. The predicted molar refractivity (Wildman–Crippen MR) is 123 cm³/mol. The third-order valence-corrected chi connectivity index (χ3v) is 6.86. The molecule has 1 N–H and O–H groups in total. The Bertz CT molecular complexity index is 601. The number of phenols is 1. The zero-order chi connectivity index (χ0) is 20.3. The zero-order valence-electron chi connectivity index (χ0n) is 18.8. The smallest absolute Gasteiger partial charge is 0.125 e. The minimum absolute atomic E-state index is 0.431. The highest BCUT2D eigenvalue weighted by Gasteiger charge is 2.30. The lowest BCUT2D eigenvalue weighted by atomic mass is 9.89. The Morgan fingerprint density at radius 3 is 2.31 bits per heavy atom. The fourth-order valence-corrected chi connectivity index (χ4v) is 5.10. The van der Waals surface area contributed by atoms with E-state index >= 15 is 0 Å². The topological polar surface area (TPSA) is 32.7 Å². The monoisotopic (exact) mass is 401 g/mol. The van der Waals surface area contributed by atoms with Crippen LogP contribution in [0.15, 0.2) is 12.1 Å². The van der Waals surface area contributed by atoms with Crippen molar-refractivity contribution >= 4 is 5.69 Å². The molecule has 2 aliphatic rings. The summed E-state index contributed by atoms with van der Waals surface area (Å²) in [6.45, 7) is 4.17. The third-order valence-electron chi connectivity index (χ3n) is 6.86. The van der Waals surface area contributed by atoms with Crippen LogP contribution in [-0.4, -0.2) is 24.3 Å². The molecule has 29 heavy (non-hydrogen) atoms. The van der Waals surface area contributed by atoms with E-state index in [2.05, 4.69) is 17.9 Å². The van der Waals surface area contributed by atoms with Crippen LogP contribution in [0.2, 0.25) is 0 Å². The van der Waals surface area contributed by atoms with Gasteiger partial charge in [0.1, 0.15) is 11.5 Å². The second-order valence-corrected chi connectivity index (χ2v) is 9.21. The highest BCUT2D eigenvalue weighted by Crippen LogP contribution is 2.42. The van der Waals surface area contributed by atoms with Crippen molar-refractivity contribution in [1.29, 1.82) is 0 Å². The number of aromatic hydroxyl groups is 1. The lowest BCUT2D eigenvalue weighted by Gasteiger charge is -2.42. The average molecular weight is 402 g/mol. The number of hydrogen-bond acceptors (Lipinski definition) is 3. The van der Waals surface area contributed by atoms with Gasteiger partial charge in [-0.2, -0.15) is 0 Å². The molecule has 164 valence electrons. The van der Waals surface area contributed by atoms with Crippen LogP contribution in [0.3, 0.4) is 0 Å². The van der Waals surface area contributed by atoms with Crippen LogP contribution in [0.5, 0.6) is 11.5 Å². The van der Waals surface area contributed by atoms with Crippen LogP contribution >= 0.6 is 0 Å². The van der Waals surface area contributed by atoms with E-state index in [-0.39, 0.29) is 0 Å². The van der Waals surface area contributed by atoms with Gasteiger partial charge in [-0.3, -0.25) is 0 Å². The van der Waals surface area contributed by atoms with Crippen LogP contribution in [0.25, 0.3) is 0 Å². The quantitative estimate of drug-likeness (QED) is 0.350. The summed E-state index contributed by atoms with van der Waals surface area (Å²) in [4.78, 5) is 2.52. The Morgan fingerprint density at radius 2 is 1.59 bits per heavy atom. The van der Waals surface area contributed by atoms with Gasteiger partial charge in [-0.25, -0.2) is 0 Å². The van der Waals surface area contributed by atoms with E-state index in [1.807, 2.05) is 6.07 Å². The van der Waals surface area contributed by atoms with Gasteiger partial charge >= 0.3 is 0 Å². The Balaban J connectivity index is 1.32. The van der Waals surface area contributed by atoms with Crippen molar-refractivity contribution in [3.63, 3.8) is 0 Å². The van der Waals surface area contributed by atoms with Crippen molar-refractivity contribution in [3.8, 4) is 11.5 Å². The summed E-state index contributed by atoms with van der Waals surface area (Å²) in [5, 5.41) is 10.5. The van der Waals surface area contributed by atoms with Gasteiger partial charge in [0.05, 0.1) is 6.61 Å². The number of benzene rings is 1. The van der Waals surface area contributed by atoms with Gasteiger partial charge in [-0.05, 0) is 38.5 Å². The Morgan fingerprint density at radius 1 is 0.897 bits per heavy atom. The number of rotatable bonds is 13. The van der Waals surface area contributed by atoms with Gasteiger partial charge in [0.25, 0.3) is 0 Å². The standard InChI is InChI=1S/C26H43NO2/c1-2-3-4-5-6-7-8-9-10-11-14-19-29-23-20-25-24(26(28)21-23)17-16-22-15-12-13-18-27(22)25/h20-22,28H,2-19H2,1H3. The van der Waals surface area contributed by atoms with Crippen molar-refractivity contribution in [2.24, 2.45) is 0 Å². The van der Waals surface area contributed by atoms with Crippen molar-refractivity contribution in [1.82, 2.24) is 0 Å². The van der Waals surface area contributed by atoms with Crippen LogP contribution in [0, 0.1) is 0 Å². The number of hydrogen-bond donors (Lipinski definition) is 1. The minimum atomic E-state index is 0.431. The molecule has 0 aliphatic carbocycles. The predicted octanol–water partition coefficient (Wildman–Crippen LogP) is 7.39. The molecule has 0 aromatic heterocycles. The Hall–Kier alpha value is -1.38. The number of nitrogens with zero attached hydrogens (tertiary/aromatic N) is 1. The molecule has 2 aliphatic heterocycles. The summed E-state index contributed by atoms with van der Waals surface area (Å²) in [5.41, 5.74) is 2.36. The van der Waals surface area contributed by atoms with Gasteiger partial charge in [0.15, 0.2) is 0 Å². The molecule has 1 fully saturated rings. The molecule has 3 heteroatoms. The molecule has 1 saturated heterocycles. The third kappa shape index (κ3) is 6.83. The molecule has 0 spiro atoms. The first kappa shape index (κ1) is 22.3. The average Bonchev–Trinajstić information content (AvgIpc) is 2.74. The second-order valence-electron chi connectivity index (χ2n) is 9.21.